The molecule has 0 aliphatic heterocycles. The van der Waals surface area contributed by atoms with Crippen LogP contribution in [0.4, 0.5) is 0 Å². The zero-order valence-electron chi connectivity index (χ0n) is 12.3. The molecule has 4 heteroatoms. The Balaban J connectivity index is 3.15. The third-order valence-electron chi connectivity index (χ3n) is 3.95. The summed E-state index contributed by atoms with van der Waals surface area (Å²) >= 11 is 0. The normalized spacial score (nSPS) is 16.4. The van der Waals surface area contributed by atoms with E-state index in [1.807, 2.05) is 19.3 Å². The highest BCUT2D eigenvalue weighted by atomic mass is 16.5. The van der Waals surface area contributed by atoms with E-state index in [4.69, 9.17) is 4.74 Å². The molecule has 0 aliphatic carbocycles. The zero-order valence-corrected chi connectivity index (χ0v) is 12.3. The summed E-state index contributed by atoms with van der Waals surface area (Å²) < 4.78 is 5.25. The maximum absolute atomic E-state index is 5.25. The van der Waals surface area contributed by atoms with Crippen molar-refractivity contribution in [1.29, 1.82) is 0 Å². The maximum atomic E-state index is 5.25. The molecule has 18 heavy (non-hydrogen) atoms. The Morgan fingerprint density at radius 3 is 2.56 bits per heavy atom. The molecule has 0 aliphatic rings. The van der Waals surface area contributed by atoms with Crippen LogP contribution < -0.4 is 10.1 Å². The summed E-state index contributed by atoms with van der Waals surface area (Å²) in [4.78, 5) is 6.51. The minimum absolute atomic E-state index is 0.0306. The number of ether oxygens (including phenoxy) is 1. The second-order valence-corrected chi connectivity index (χ2v) is 4.98. The predicted molar refractivity (Wildman–Crippen MR) is 75.0 cm³/mol. The van der Waals surface area contributed by atoms with Gasteiger partial charge in [0.25, 0.3) is 0 Å². The molecule has 0 saturated heterocycles. The van der Waals surface area contributed by atoms with Crippen molar-refractivity contribution in [2.24, 2.45) is 0 Å². The largest absolute Gasteiger partial charge is 0.495 e. The van der Waals surface area contributed by atoms with E-state index in [-0.39, 0.29) is 11.6 Å². The van der Waals surface area contributed by atoms with Gasteiger partial charge in [-0.2, -0.15) is 0 Å². The summed E-state index contributed by atoms with van der Waals surface area (Å²) in [6, 6.07) is 2.26. The van der Waals surface area contributed by atoms with Crippen molar-refractivity contribution < 1.29 is 4.74 Å². The molecule has 1 heterocycles. The molecular weight excluding hydrogens is 226 g/mol. The lowest BCUT2D eigenvalue weighted by atomic mass is 9.84. The van der Waals surface area contributed by atoms with E-state index >= 15 is 0 Å². The fraction of sp³-hybridized carbons (Fsp3) is 0.643. The standard InChI is InChI=1S/C14H25N3O/c1-7-14(2,17(4)5)13(15-3)11-8-12(18-6)10-16-9-11/h8-10,13,15H,7H2,1-6H3. The molecule has 2 atom stereocenters. The number of nitrogens with one attached hydrogen (secondary N) is 1. The smallest absolute Gasteiger partial charge is 0.137 e. The first-order valence-corrected chi connectivity index (χ1v) is 6.33. The van der Waals surface area contributed by atoms with E-state index in [2.05, 4.69) is 43.1 Å². The molecule has 4 nitrogen and oxygen atoms in total. The minimum Gasteiger partial charge on any atom is -0.495 e. The average Bonchev–Trinajstić information content (AvgIpc) is 2.39. The first-order chi connectivity index (χ1) is 8.49. The molecule has 0 spiro atoms. The molecule has 2 unspecified atom stereocenters. The first kappa shape index (κ1) is 14.9. The summed E-state index contributed by atoms with van der Waals surface area (Å²) in [6.45, 7) is 4.46. The molecule has 1 aromatic heterocycles. The van der Waals surface area contributed by atoms with Gasteiger partial charge in [0.15, 0.2) is 0 Å². The van der Waals surface area contributed by atoms with Gasteiger partial charge in [-0.25, -0.2) is 0 Å². The van der Waals surface area contributed by atoms with Gasteiger partial charge < -0.3 is 15.0 Å². The van der Waals surface area contributed by atoms with Crippen molar-refractivity contribution in [2.45, 2.75) is 31.8 Å². The third-order valence-corrected chi connectivity index (χ3v) is 3.95. The summed E-state index contributed by atoms with van der Waals surface area (Å²) in [5.41, 5.74) is 1.18. The number of hydrogen-bond acceptors (Lipinski definition) is 4. The van der Waals surface area contributed by atoms with Gasteiger partial charge in [-0.05, 0) is 46.1 Å². The average molecular weight is 251 g/mol. The molecular formula is C14H25N3O. The highest BCUT2D eigenvalue weighted by Crippen LogP contribution is 2.33. The molecule has 1 N–H and O–H groups in total. The Kier molecular flexibility index (Phi) is 5.11. The van der Waals surface area contributed by atoms with Crippen LogP contribution >= 0.6 is 0 Å². The fourth-order valence-corrected chi connectivity index (χ4v) is 2.32. The van der Waals surface area contributed by atoms with E-state index < -0.39 is 0 Å². The van der Waals surface area contributed by atoms with Crippen LogP contribution in [-0.4, -0.2) is 43.7 Å². The van der Waals surface area contributed by atoms with Gasteiger partial charge in [0.05, 0.1) is 19.3 Å². The van der Waals surface area contributed by atoms with E-state index in [0.29, 0.717) is 0 Å². The summed E-state index contributed by atoms with van der Waals surface area (Å²) in [5.74, 6) is 0.796. The van der Waals surface area contributed by atoms with Crippen LogP contribution in [0.15, 0.2) is 18.5 Å². The first-order valence-electron chi connectivity index (χ1n) is 6.33. The topological polar surface area (TPSA) is 37.4 Å². The summed E-state index contributed by atoms with van der Waals surface area (Å²) in [5, 5.41) is 3.41. The van der Waals surface area contributed by atoms with Gasteiger partial charge in [0.1, 0.15) is 5.75 Å². The van der Waals surface area contributed by atoms with E-state index in [0.717, 1.165) is 17.7 Å². The Labute approximate surface area is 110 Å². The fourth-order valence-electron chi connectivity index (χ4n) is 2.32. The Morgan fingerprint density at radius 2 is 2.11 bits per heavy atom. The van der Waals surface area contributed by atoms with Crippen molar-refractivity contribution in [3.8, 4) is 5.75 Å². The lowest BCUT2D eigenvalue weighted by Gasteiger charge is -2.42. The zero-order chi connectivity index (χ0) is 13.8. The quantitative estimate of drug-likeness (QED) is 0.840. The highest BCUT2D eigenvalue weighted by Gasteiger charge is 2.35. The monoisotopic (exact) mass is 251 g/mol. The number of pyridine rings is 1. The van der Waals surface area contributed by atoms with Crippen molar-refractivity contribution >= 4 is 0 Å². The molecule has 0 radical (unpaired) electrons. The van der Waals surface area contributed by atoms with Crippen molar-refractivity contribution in [2.75, 3.05) is 28.3 Å². The molecule has 1 aromatic rings. The second-order valence-electron chi connectivity index (χ2n) is 4.98. The van der Waals surface area contributed by atoms with Crippen LogP contribution in [0.3, 0.4) is 0 Å². The van der Waals surface area contributed by atoms with Crippen molar-refractivity contribution in [3.63, 3.8) is 0 Å². The lowest BCUT2D eigenvalue weighted by molar-refractivity contribution is 0.116. The number of aromatic nitrogens is 1. The maximum Gasteiger partial charge on any atom is 0.137 e. The number of methoxy groups -OCH3 is 1. The second kappa shape index (κ2) is 6.16. The summed E-state index contributed by atoms with van der Waals surface area (Å²) in [6.07, 6.45) is 4.68. The van der Waals surface area contributed by atoms with E-state index in [1.54, 1.807) is 13.3 Å². The van der Waals surface area contributed by atoms with Gasteiger partial charge in [-0.3, -0.25) is 4.98 Å². The molecule has 1 rings (SSSR count). The van der Waals surface area contributed by atoms with Crippen molar-refractivity contribution in [1.82, 2.24) is 15.2 Å². The predicted octanol–water partition coefficient (Wildman–Crippen LogP) is 2.08. The molecule has 0 fully saturated rings. The van der Waals surface area contributed by atoms with Crippen LogP contribution in [0.2, 0.25) is 0 Å². The van der Waals surface area contributed by atoms with Crippen LogP contribution in [0.5, 0.6) is 5.75 Å². The van der Waals surface area contributed by atoms with E-state index in [1.165, 1.54) is 0 Å². The van der Waals surface area contributed by atoms with Crippen LogP contribution in [0, 0.1) is 0 Å². The van der Waals surface area contributed by atoms with Crippen LogP contribution in [0.25, 0.3) is 0 Å². The van der Waals surface area contributed by atoms with Crippen molar-refractivity contribution in [3.05, 3.63) is 24.0 Å². The van der Waals surface area contributed by atoms with Gasteiger partial charge in [0.2, 0.25) is 0 Å². The molecule has 0 aromatic carbocycles. The van der Waals surface area contributed by atoms with Gasteiger partial charge in [-0.1, -0.05) is 6.92 Å². The lowest BCUT2D eigenvalue weighted by Crippen LogP contribution is -2.50. The molecule has 0 saturated carbocycles. The third kappa shape index (κ3) is 2.82. The number of likely N-dealkylation sites (N-methyl/N-ethyl adjacent to an activating group) is 2. The van der Waals surface area contributed by atoms with Gasteiger partial charge >= 0.3 is 0 Å². The molecule has 102 valence electrons. The Hall–Kier alpha value is -1.13. The number of hydrogen-bond donors (Lipinski definition) is 1. The molecule has 0 bridgehead atoms. The Bertz CT molecular complexity index is 381. The number of nitrogens with zero attached hydrogens (tertiary/aromatic N) is 2. The van der Waals surface area contributed by atoms with E-state index in [9.17, 15) is 0 Å². The summed E-state index contributed by atoms with van der Waals surface area (Å²) in [7, 11) is 7.88. The van der Waals surface area contributed by atoms with Gasteiger partial charge in [-0.15, -0.1) is 0 Å². The van der Waals surface area contributed by atoms with Crippen LogP contribution in [0.1, 0.15) is 31.9 Å². The number of rotatable bonds is 6. The minimum atomic E-state index is 0.0306. The highest BCUT2D eigenvalue weighted by molar-refractivity contribution is 5.28. The Morgan fingerprint density at radius 1 is 1.44 bits per heavy atom. The molecule has 0 amide bonds. The SMILES string of the molecule is CCC(C)(C(NC)c1cncc(OC)c1)N(C)C. The van der Waals surface area contributed by atoms with Crippen LogP contribution in [-0.2, 0) is 0 Å². The van der Waals surface area contributed by atoms with Gasteiger partial charge in [0, 0.05) is 11.7 Å².